The van der Waals surface area contributed by atoms with Gasteiger partial charge in [0.15, 0.2) is 11.4 Å². The zero-order valence-electron chi connectivity index (χ0n) is 17.9. The summed E-state index contributed by atoms with van der Waals surface area (Å²) in [6.07, 6.45) is 0. The summed E-state index contributed by atoms with van der Waals surface area (Å²) in [5.41, 5.74) is -0.318. The van der Waals surface area contributed by atoms with Gasteiger partial charge in [0, 0.05) is 33.5 Å². The van der Waals surface area contributed by atoms with E-state index in [9.17, 15) is 24.8 Å². The Balaban J connectivity index is 1.60. The predicted molar refractivity (Wildman–Crippen MR) is 124 cm³/mol. The molecule has 1 atom stereocenters. The molecule has 0 fully saturated rings. The number of rotatable bonds is 8. The number of halogens is 1. The van der Waals surface area contributed by atoms with Crippen LogP contribution in [0.15, 0.2) is 66.7 Å². The zero-order valence-corrected chi connectivity index (χ0v) is 18.6. The van der Waals surface area contributed by atoms with Crippen molar-refractivity contribution in [3.8, 4) is 5.75 Å². The van der Waals surface area contributed by atoms with Crippen LogP contribution < -0.4 is 10.1 Å². The molecule has 9 heteroatoms. The minimum Gasteiger partial charge on any atom is -0.490 e. The molecule has 0 bridgehead atoms. The van der Waals surface area contributed by atoms with E-state index in [0.717, 1.165) is 0 Å². The number of nitro benzene ring substituents is 1. The number of hydrogen-bond acceptors (Lipinski definition) is 6. The maximum absolute atomic E-state index is 12.5. The van der Waals surface area contributed by atoms with E-state index in [0.29, 0.717) is 33.1 Å². The van der Waals surface area contributed by atoms with Crippen molar-refractivity contribution in [1.82, 2.24) is 0 Å². The third kappa shape index (κ3) is 5.94. The Morgan fingerprint density at radius 2 is 1.64 bits per heavy atom. The van der Waals surface area contributed by atoms with Gasteiger partial charge in [0.2, 0.25) is 0 Å². The van der Waals surface area contributed by atoms with E-state index in [1.54, 1.807) is 55.5 Å². The van der Waals surface area contributed by atoms with E-state index in [4.69, 9.17) is 16.3 Å². The lowest BCUT2D eigenvalue weighted by Crippen LogP contribution is -2.45. The minimum atomic E-state index is -1.88. The first-order chi connectivity index (χ1) is 15.6. The Hall–Kier alpha value is -3.75. The summed E-state index contributed by atoms with van der Waals surface area (Å²) in [5, 5.41) is 24.5. The van der Waals surface area contributed by atoms with Crippen LogP contribution in [0.4, 0.5) is 11.4 Å². The molecule has 0 heterocycles. The summed E-state index contributed by atoms with van der Waals surface area (Å²) < 4.78 is 5.53. The third-order valence-corrected chi connectivity index (χ3v) is 5.14. The number of hydrogen-bond donors (Lipinski definition) is 2. The van der Waals surface area contributed by atoms with Crippen LogP contribution in [-0.2, 0) is 4.79 Å². The standard InChI is InChI=1S/C24H21ClN2O6/c1-15-13-19(9-12-21(15)27(31)32)26-23(29)24(2,30)14-33-20-10-5-17(6-11-20)22(28)16-3-7-18(25)8-4-16/h3-13,30H,14H2,1-2H3,(H,26,29). The molecule has 0 saturated carbocycles. The minimum absolute atomic E-state index is 0.0684. The van der Waals surface area contributed by atoms with Gasteiger partial charge in [0.25, 0.3) is 11.6 Å². The molecular weight excluding hydrogens is 448 g/mol. The Bertz CT molecular complexity index is 1190. The highest BCUT2D eigenvalue weighted by Crippen LogP contribution is 2.23. The van der Waals surface area contributed by atoms with E-state index < -0.39 is 16.4 Å². The van der Waals surface area contributed by atoms with Gasteiger partial charge in [0.05, 0.1) is 4.92 Å². The largest absolute Gasteiger partial charge is 0.490 e. The van der Waals surface area contributed by atoms with Gasteiger partial charge in [-0.05, 0) is 74.5 Å². The summed E-state index contributed by atoms with van der Waals surface area (Å²) in [4.78, 5) is 35.4. The van der Waals surface area contributed by atoms with Crippen molar-refractivity contribution in [3.63, 3.8) is 0 Å². The van der Waals surface area contributed by atoms with Gasteiger partial charge in [-0.25, -0.2) is 0 Å². The summed E-state index contributed by atoms with van der Waals surface area (Å²) >= 11 is 5.85. The van der Waals surface area contributed by atoms with E-state index in [-0.39, 0.29) is 18.1 Å². The van der Waals surface area contributed by atoms with Gasteiger partial charge in [-0.1, -0.05) is 11.6 Å². The maximum atomic E-state index is 12.5. The second kappa shape index (κ2) is 9.81. The molecule has 0 saturated heterocycles. The number of benzene rings is 3. The van der Waals surface area contributed by atoms with Crippen molar-refractivity contribution in [2.24, 2.45) is 0 Å². The van der Waals surface area contributed by atoms with Crippen molar-refractivity contribution in [2.45, 2.75) is 19.4 Å². The lowest BCUT2D eigenvalue weighted by Gasteiger charge is -2.22. The number of nitro groups is 1. The second-order valence-electron chi connectivity index (χ2n) is 7.64. The van der Waals surface area contributed by atoms with Crippen LogP contribution >= 0.6 is 11.6 Å². The molecule has 3 aromatic rings. The van der Waals surface area contributed by atoms with Crippen molar-refractivity contribution in [3.05, 3.63) is 98.6 Å². The molecule has 1 amide bonds. The van der Waals surface area contributed by atoms with Crippen molar-refractivity contribution >= 4 is 34.7 Å². The average Bonchev–Trinajstić information content (AvgIpc) is 2.78. The fourth-order valence-electron chi connectivity index (χ4n) is 2.96. The molecular formula is C24H21ClN2O6. The topological polar surface area (TPSA) is 119 Å². The molecule has 33 heavy (non-hydrogen) atoms. The molecule has 0 aromatic heterocycles. The molecule has 3 rings (SSSR count). The monoisotopic (exact) mass is 468 g/mol. The number of ketones is 1. The first kappa shape index (κ1) is 23.9. The molecule has 1 unspecified atom stereocenters. The summed E-state index contributed by atoms with van der Waals surface area (Å²) in [7, 11) is 0. The van der Waals surface area contributed by atoms with Gasteiger partial charge >= 0.3 is 0 Å². The molecule has 0 aliphatic rings. The maximum Gasteiger partial charge on any atom is 0.272 e. The normalized spacial score (nSPS) is 12.5. The quantitative estimate of drug-likeness (QED) is 0.284. The van der Waals surface area contributed by atoms with Crippen molar-refractivity contribution < 1.29 is 24.4 Å². The lowest BCUT2D eigenvalue weighted by atomic mass is 10.0. The Morgan fingerprint density at radius 1 is 1.06 bits per heavy atom. The predicted octanol–water partition coefficient (Wildman–Crippen LogP) is 4.56. The lowest BCUT2D eigenvalue weighted by molar-refractivity contribution is -0.385. The molecule has 2 N–H and O–H groups in total. The van der Waals surface area contributed by atoms with E-state index in [1.165, 1.54) is 25.1 Å². The fourth-order valence-corrected chi connectivity index (χ4v) is 3.09. The first-order valence-electron chi connectivity index (χ1n) is 9.89. The average molecular weight is 469 g/mol. The molecule has 8 nitrogen and oxygen atoms in total. The van der Waals surface area contributed by atoms with Crippen LogP contribution in [0.3, 0.4) is 0 Å². The highest BCUT2D eigenvalue weighted by atomic mass is 35.5. The van der Waals surface area contributed by atoms with Gasteiger partial charge in [-0.15, -0.1) is 0 Å². The number of anilines is 1. The summed E-state index contributed by atoms with van der Waals surface area (Å²) in [5.74, 6) is -0.546. The summed E-state index contributed by atoms with van der Waals surface area (Å²) in [6.45, 7) is 2.49. The van der Waals surface area contributed by atoms with Gasteiger partial charge in [-0.3, -0.25) is 19.7 Å². The van der Waals surface area contributed by atoms with Crippen LogP contribution in [0, 0.1) is 17.0 Å². The highest BCUT2D eigenvalue weighted by Gasteiger charge is 2.31. The van der Waals surface area contributed by atoms with Crippen LogP contribution in [0.1, 0.15) is 28.4 Å². The zero-order chi connectivity index (χ0) is 24.2. The SMILES string of the molecule is Cc1cc(NC(=O)C(C)(O)COc2ccc(C(=O)c3ccc(Cl)cc3)cc2)ccc1[N+](=O)[O-]. The fraction of sp³-hybridized carbons (Fsp3) is 0.167. The van der Waals surface area contributed by atoms with Crippen LogP contribution in [0.25, 0.3) is 0 Å². The number of ether oxygens (including phenoxy) is 1. The van der Waals surface area contributed by atoms with Crippen LogP contribution in [0.2, 0.25) is 5.02 Å². The van der Waals surface area contributed by atoms with Gasteiger partial charge in [-0.2, -0.15) is 0 Å². The number of aryl methyl sites for hydroxylation is 1. The van der Waals surface area contributed by atoms with Gasteiger partial charge < -0.3 is 15.2 Å². The van der Waals surface area contributed by atoms with Crippen molar-refractivity contribution in [2.75, 3.05) is 11.9 Å². The smallest absolute Gasteiger partial charge is 0.272 e. The van der Waals surface area contributed by atoms with Crippen LogP contribution in [0.5, 0.6) is 5.75 Å². The number of aliphatic hydroxyl groups is 1. The molecule has 0 radical (unpaired) electrons. The number of nitrogens with one attached hydrogen (secondary N) is 1. The van der Waals surface area contributed by atoms with Gasteiger partial charge in [0.1, 0.15) is 12.4 Å². The summed E-state index contributed by atoms with van der Waals surface area (Å²) in [6, 6.07) is 17.0. The molecule has 0 aliphatic carbocycles. The number of nitrogens with zero attached hydrogens (tertiary/aromatic N) is 1. The number of carbonyl (C=O) groups excluding carboxylic acids is 2. The number of amides is 1. The van der Waals surface area contributed by atoms with Crippen LogP contribution in [-0.4, -0.2) is 33.9 Å². The highest BCUT2D eigenvalue weighted by molar-refractivity contribution is 6.30. The molecule has 170 valence electrons. The Labute approximate surface area is 194 Å². The molecule has 0 aliphatic heterocycles. The third-order valence-electron chi connectivity index (χ3n) is 4.88. The second-order valence-corrected chi connectivity index (χ2v) is 8.07. The van der Waals surface area contributed by atoms with E-state index in [1.807, 2.05) is 0 Å². The Kier molecular flexibility index (Phi) is 7.10. The number of carbonyl (C=O) groups is 2. The first-order valence-corrected chi connectivity index (χ1v) is 10.3. The van der Waals surface area contributed by atoms with E-state index in [2.05, 4.69) is 5.32 Å². The van der Waals surface area contributed by atoms with Crippen molar-refractivity contribution in [1.29, 1.82) is 0 Å². The molecule has 3 aromatic carbocycles. The molecule has 0 spiro atoms. The van der Waals surface area contributed by atoms with E-state index >= 15 is 0 Å². The Morgan fingerprint density at radius 3 is 2.18 bits per heavy atom.